The minimum absolute atomic E-state index is 0.0190. The fraction of sp³-hybridized carbons (Fsp3) is 0.474. The van der Waals surface area contributed by atoms with Gasteiger partial charge in [0.25, 0.3) is 0 Å². The topological polar surface area (TPSA) is 53.4 Å². The molecule has 1 aromatic carbocycles. The number of benzene rings is 1. The Balaban J connectivity index is 1.66. The molecule has 0 spiro atoms. The van der Waals surface area contributed by atoms with Crippen LogP contribution < -0.4 is 4.74 Å². The van der Waals surface area contributed by atoms with Crippen molar-refractivity contribution in [3.8, 4) is 11.6 Å². The summed E-state index contributed by atoms with van der Waals surface area (Å²) in [5.74, 6) is 0.443. The van der Waals surface area contributed by atoms with E-state index in [1.807, 2.05) is 43.3 Å². The second-order valence-electron chi connectivity index (χ2n) is 6.33. The van der Waals surface area contributed by atoms with Crippen LogP contribution in [0.25, 0.3) is 5.69 Å². The van der Waals surface area contributed by atoms with Gasteiger partial charge in [-0.25, -0.2) is 4.68 Å². The summed E-state index contributed by atoms with van der Waals surface area (Å²) < 4.78 is 13.1. The molecule has 1 aliphatic rings. The Morgan fingerprint density at radius 3 is 2.62 bits per heavy atom. The van der Waals surface area contributed by atoms with Gasteiger partial charge < -0.3 is 9.47 Å². The summed E-state index contributed by atoms with van der Waals surface area (Å²) in [7, 11) is 0. The van der Waals surface area contributed by atoms with E-state index in [4.69, 9.17) is 9.47 Å². The van der Waals surface area contributed by atoms with E-state index in [9.17, 15) is 4.79 Å². The first-order chi connectivity index (χ1) is 11.6. The Hall–Kier alpha value is -2.30. The molecule has 0 radical (unpaired) electrons. The molecule has 3 rings (SSSR count). The number of carbonyl (C=O) groups is 1. The highest BCUT2D eigenvalue weighted by Gasteiger charge is 2.25. The van der Waals surface area contributed by atoms with Crippen molar-refractivity contribution in [1.82, 2.24) is 9.78 Å². The zero-order valence-corrected chi connectivity index (χ0v) is 14.3. The van der Waals surface area contributed by atoms with Crippen LogP contribution in [0.15, 0.2) is 36.4 Å². The molecule has 1 saturated carbocycles. The molecular weight excluding hydrogens is 304 g/mol. The lowest BCUT2D eigenvalue weighted by Crippen LogP contribution is -2.27. The maximum Gasteiger partial charge on any atom is 0.311 e. The van der Waals surface area contributed by atoms with Crippen molar-refractivity contribution in [2.24, 2.45) is 5.92 Å². The number of aromatic nitrogens is 2. The number of rotatable bonds is 5. The molecular formula is C19H24N2O3. The van der Waals surface area contributed by atoms with E-state index in [2.05, 4.69) is 5.10 Å². The number of hydrogen-bond donors (Lipinski definition) is 0. The van der Waals surface area contributed by atoms with E-state index in [1.54, 1.807) is 11.6 Å². The monoisotopic (exact) mass is 328 g/mol. The predicted octanol–water partition coefficient (Wildman–Crippen LogP) is 4.03. The lowest BCUT2D eigenvalue weighted by Gasteiger charge is -2.22. The lowest BCUT2D eigenvalue weighted by atomic mass is 9.89. The maximum atomic E-state index is 12.2. The highest BCUT2D eigenvalue weighted by Crippen LogP contribution is 2.26. The second-order valence-corrected chi connectivity index (χ2v) is 6.33. The third kappa shape index (κ3) is 3.96. The van der Waals surface area contributed by atoms with E-state index in [-0.39, 0.29) is 11.9 Å². The molecule has 0 N–H and O–H groups in total. The van der Waals surface area contributed by atoms with Gasteiger partial charge in [0.15, 0.2) is 0 Å². The molecule has 5 heteroatoms. The highest BCUT2D eigenvalue weighted by molar-refractivity contribution is 5.72. The molecule has 1 unspecified atom stereocenters. The zero-order valence-electron chi connectivity index (χ0n) is 14.3. The second kappa shape index (κ2) is 7.51. The quantitative estimate of drug-likeness (QED) is 0.614. The van der Waals surface area contributed by atoms with Crippen LogP contribution in [0.4, 0.5) is 0 Å². The van der Waals surface area contributed by atoms with Crippen LogP contribution in [0.3, 0.4) is 0 Å². The van der Waals surface area contributed by atoms with Crippen LogP contribution in [0, 0.1) is 12.8 Å². The van der Waals surface area contributed by atoms with Gasteiger partial charge in [0.1, 0.15) is 0 Å². The van der Waals surface area contributed by atoms with Crippen molar-refractivity contribution in [3.05, 3.63) is 42.1 Å². The van der Waals surface area contributed by atoms with Crippen molar-refractivity contribution >= 4 is 5.97 Å². The molecule has 128 valence electrons. The van der Waals surface area contributed by atoms with E-state index in [0.29, 0.717) is 5.88 Å². The minimum atomic E-state index is -0.641. The van der Waals surface area contributed by atoms with E-state index < -0.39 is 6.29 Å². The summed E-state index contributed by atoms with van der Waals surface area (Å²) in [4.78, 5) is 12.2. The number of ether oxygens (including phenoxy) is 2. The van der Waals surface area contributed by atoms with Crippen LogP contribution in [0.1, 0.15) is 44.7 Å². The third-order valence-corrected chi connectivity index (χ3v) is 4.31. The van der Waals surface area contributed by atoms with Gasteiger partial charge in [-0.3, -0.25) is 4.79 Å². The smallest absolute Gasteiger partial charge is 0.311 e. The molecule has 1 aliphatic carbocycles. The Labute approximate surface area is 142 Å². The molecule has 0 bridgehead atoms. The average molecular weight is 328 g/mol. The fourth-order valence-electron chi connectivity index (χ4n) is 3.11. The van der Waals surface area contributed by atoms with Gasteiger partial charge in [0.05, 0.1) is 17.3 Å². The van der Waals surface area contributed by atoms with Crippen molar-refractivity contribution in [2.45, 2.75) is 52.2 Å². The standard InChI is InChI=1S/C19H24N2O3/c1-14-13-18(21(20-14)17-11-7-4-8-12-17)23-15(2)24-19(22)16-9-5-3-6-10-16/h4,7-8,11-13,15-16H,3,5-6,9-10H2,1-2H3. The minimum Gasteiger partial charge on any atom is -0.438 e. The van der Waals surface area contributed by atoms with Crippen molar-refractivity contribution in [3.63, 3.8) is 0 Å². The SMILES string of the molecule is Cc1cc(OC(C)OC(=O)C2CCCCC2)n(-c2ccccc2)n1. The van der Waals surface area contributed by atoms with Gasteiger partial charge in [-0.1, -0.05) is 37.5 Å². The van der Waals surface area contributed by atoms with Crippen LogP contribution in [0.2, 0.25) is 0 Å². The molecule has 0 saturated heterocycles. The number of esters is 1. The first-order valence-corrected chi connectivity index (χ1v) is 8.63. The maximum absolute atomic E-state index is 12.2. The average Bonchev–Trinajstić information content (AvgIpc) is 2.96. The molecule has 1 aromatic heterocycles. The molecule has 2 aromatic rings. The van der Waals surface area contributed by atoms with E-state index in [0.717, 1.165) is 37.1 Å². The Kier molecular flexibility index (Phi) is 5.18. The number of para-hydroxylation sites is 1. The normalized spacial score (nSPS) is 16.6. The molecule has 1 heterocycles. The van der Waals surface area contributed by atoms with Gasteiger partial charge in [-0.2, -0.15) is 5.10 Å². The Morgan fingerprint density at radius 2 is 1.92 bits per heavy atom. The van der Waals surface area contributed by atoms with E-state index >= 15 is 0 Å². The van der Waals surface area contributed by atoms with Crippen LogP contribution >= 0.6 is 0 Å². The van der Waals surface area contributed by atoms with Crippen molar-refractivity contribution < 1.29 is 14.3 Å². The molecule has 5 nitrogen and oxygen atoms in total. The molecule has 1 atom stereocenters. The first kappa shape index (κ1) is 16.6. The summed E-state index contributed by atoms with van der Waals surface area (Å²) in [5, 5.41) is 4.45. The van der Waals surface area contributed by atoms with Gasteiger partial charge in [-0.15, -0.1) is 0 Å². The zero-order chi connectivity index (χ0) is 16.9. The molecule has 0 amide bonds. The van der Waals surface area contributed by atoms with Crippen LogP contribution in [0.5, 0.6) is 5.88 Å². The van der Waals surface area contributed by atoms with Gasteiger partial charge >= 0.3 is 5.97 Å². The van der Waals surface area contributed by atoms with Crippen molar-refractivity contribution in [2.75, 3.05) is 0 Å². The lowest BCUT2D eigenvalue weighted by molar-refractivity contribution is -0.167. The Bertz CT molecular complexity index is 675. The summed E-state index contributed by atoms with van der Waals surface area (Å²) in [5.41, 5.74) is 1.76. The highest BCUT2D eigenvalue weighted by atomic mass is 16.7. The summed E-state index contributed by atoms with van der Waals surface area (Å²) >= 11 is 0. The van der Waals surface area contributed by atoms with Gasteiger partial charge in [0.2, 0.25) is 12.2 Å². The summed E-state index contributed by atoms with van der Waals surface area (Å²) in [6, 6.07) is 11.6. The van der Waals surface area contributed by atoms with Gasteiger partial charge in [-0.05, 0) is 31.9 Å². The van der Waals surface area contributed by atoms with Crippen molar-refractivity contribution in [1.29, 1.82) is 0 Å². The van der Waals surface area contributed by atoms with Crippen LogP contribution in [-0.4, -0.2) is 22.0 Å². The predicted molar refractivity (Wildman–Crippen MR) is 91.1 cm³/mol. The number of carbonyl (C=O) groups excluding carboxylic acids is 1. The fourth-order valence-corrected chi connectivity index (χ4v) is 3.11. The number of nitrogens with zero attached hydrogens (tertiary/aromatic N) is 2. The largest absolute Gasteiger partial charge is 0.438 e. The number of hydrogen-bond acceptors (Lipinski definition) is 4. The van der Waals surface area contributed by atoms with Crippen LogP contribution in [-0.2, 0) is 9.53 Å². The molecule has 0 aliphatic heterocycles. The third-order valence-electron chi connectivity index (χ3n) is 4.31. The molecule has 24 heavy (non-hydrogen) atoms. The first-order valence-electron chi connectivity index (χ1n) is 8.63. The number of aryl methyl sites for hydroxylation is 1. The van der Waals surface area contributed by atoms with Gasteiger partial charge in [0, 0.05) is 13.0 Å². The summed E-state index contributed by atoms with van der Waals surface area (Å²) in [6.07, 6.45) is 4.63. The Morgan fingerprint density at radius 1 is 1.21 bits per heavy atom. The summed E-state index contributed by atoms with van der Waals surface area (Å²) in [6.45, 7) is 3.66. The van der Waals surface area contributed by atoms with E-state index in [1.165, 1.54) is 6.42 Å². The molecule has 1 fully saturated rings.